The molecule has 0 aliphatic rings. The first-order valence-corrected chi connectivity index (χ1v) is 13.4. The van der Waals surface area contributed by atoms with E-state index in [1.165, 1.54) is 19.5 Å². The molecule has 0 aromatic heterocycles. The van der Waals surface area contributed by atoms with Gasteiger partial charge in [-0.25, -0.2) is 0 Å². The van der Waals surface area contributed by atoms with E-state index < -0.39 is 21.4 Å². The first-order valence-electron chi connectivity index (χ1n) is 6.39. The van der Waals surface area contributed by atoms with E-state index in [9.17, 15) is 0 Å². The van der Waals surface area contributed by atoms with Crippen molar-refractivity contribution in [2.75, 3.05) is 13.1 Å². The number of hydrogen-bond acceptors (Lipinski definition) is 1. The van der Waals surface area contributed by atoms with Crippen LogP contribution in [-0.2, 0) is 0 Å². The molecule has 0 fully saturated rings. The number of hydrogen-bond donors (Lipinski definition) is 0. The Morgan fingerprint density at radius 3 is 2.00 bits per heavy atom. The molecule has 0 aromatic carbocycles. The molecule has 0 aromatic rings. The van der Waals surface area contributed by atoms with Crippen molar-refractivity contribution in [3.05, 3.63) is 0 Å². The summed E-state index contributed by atoms with van der Waals surface area (Å²) in [7, 11) is 0. The quantitative estimate of drug-likeness (QED) is 0.661. The molecule has 0 unspecified atom stereocenters. The average molecular weight is 301 g/mol. The summed E-state index contributed by atoms with van der Waals surface area (Å²) in [5.74, 6) is 0. The Bertz CT molecular complexity index is 121. The van der Waals surface area contributed by atoms with E-state index >= 15 is 0 Å². The summed E-state index contributed by atoms with van der Waals surface area (Å²) in [6.45, 7) is 14.3. The zero-order valence-corrected chi connectivity index (χ0v) is 14.1. The second-order valence-electron chi connectivity index (χ2n) is 4.55. The third-order valence-electron chi connectivity index (χ3n) is 3.35. The van der Waals surface area contributed by atoms with Crippen LogP contribution in [0.2, 0.25) is 12.5 Å². The van der Waals surface area contributed by atoms with Crippen LogP contribution in [0.1, 0.15) is 41.0 Å². The van der Waals surface area contributed by atoms with Crippen molar-refractivity contribution in [2.45, 2.75) is 59.6 Å². The van der Waals surface area contributed by atoms with Gasteiger partial charge in [0.2, 0.25) is 0 Å². The summed E-state index contributed by atoms with van der Waals surface area (Å²) >= 11 is -0.975. The number of rotatable bonds is 8. The van der Waals surface area contributed by atoms with Crippen LogP contribution in [0.3, 0.4) is 0 Å². The van der Waals surface area contributed by atoms with Crippen LogP contribution < -0.4 is 0 Å². The first kappa shape index (κ1) is 14.8. The molecule has 0 heterocycles. The molecule has 0 N–H and O–H groups in total. The Morgan fingerprint density at radius 1 is 1.07 bits per heavy atom. The van der Waals surface area contributed by atoms with E-state index in [2.05, 4.69) is 39.5 Å². The van der Waals surface area contributed by atoms with Gasteiger partial charge in [0, 0.05) is 0 Å². The topological polar surface area (TPSA) is 3.24 Å². The van der Waals surface area contributed by atoms with Gasteiger partial charge in [-0.05, 0) is 0 Å². The maximum atomic E-state index is 2.59. The summed E-state index contributed by atoms with van der Waals surface area (Å²) < 4.78 is 4.75. The molecule has 0 saturated heterocycles. The predicted molar refractivity (Wildman–Crippen MR) is 68.5 cm³/mol. The molecule has 0 amide bonds. The van der Waals surface area contributed by atoms with E-state index in [4.69, 9.17) is 0 Å². The van der Waals surface area contributed by atoms with Crippen LogP contribution in [-0.4, -0.2) is 45.5 Å². The van der Waals surface area contributed by atoms with Crippen LogP contribution in [0.25, 0.3) is 0 Å². The predicted octanol–water partition coefficient (Wildman–Crippen LogP) is 3.64. The van der Waals surface area contributed by atoms with Crippen molar-refractivity contribution in [1.82, 2.24) is 4.90 Å². The van der Waals surface area contributed by atoms with Crippen LogP contribution in [0.15, 0.2) is 0 Å². The Kier molecular flexibility index (Phi) is 9.62. The van der Waals surface area contributed by atoms with Gasteiger partial charge in [0.25, 0.3) is 0 Å². The average Bonchev–Trinajstić information content (AvgIpc) is 2.18. The van der Waals surface area contributed by atoms with Crippen LogP contribution >= 0.6 is 0 Å². The Labute approximate surface area is 98.8 Å². The van der Waals surface area contributed by atoms with Gasteiger partial charge in [-0.1, -0.05) is 0 Å². The van der Waals surface area contributed by atoms with E-state index in [0.717, 1.165) is 6.04 Å². The van der Waals surface area contributed by atoms with Gasteiger partial charge >= 0.3 is 99.0 Å². The van der Waals surface area contributed by atoms with E-state index in [0.29, 0.717) is 0 Å². The van der Waals surface area contributed by atoms with Gasteiger partial charge < -0.3 is 0 Å². The van der Waals surface area contributed by atoms with Crippen LogP contribution in [0.4, 0.5) is 0 Å². The van der Waals surface area contributed by atoms with Crippen molar-refractivity contribution in [1.29, 1.82) is 0 Å². The van der Waals surface area contributed by atoms with Gasteiger partial charge in [-0.15, -0.1) is 0 Å². The van der Waals surface area contributed by atoms with Crippen molar-refractivity contribution in [3.8, 4) is 0 Å². The Morgan fingerprint density at radius 2 is 1.64 bits per heavy atom. The second kappa shape index (κ2) is 9.08. The monoisotopic (exact) mass is 301 g/mol. The molecule has 0 saturated carbocycles. The third kappa shape index (κ3) is 6.34. The minimum atomic E-state index is -0.975. The molecule has 0 atom stereocenters. The van der Waals surface area contributed by atoms with Crippen LogP contribution in [0.5, 0.6) is 0 Å². The van der Waals surface area contributed by atoms with E-state index in [1.54, 1.807) is 12.5 Å². The van der Waals surface area contributed by atoms with Gasteiger partial charge in [-0.2, -0.15) is 0 Å². The SMILES string of the molecule is CCN(CC[CH2][In]([CH2]C)[CH2]C)C(C)C. The summed E-state index contributed by atoms with van der Waals surface area (Å²) in [4.78, 5) is 2.59. The van der Waals surface area contributed by atoms with Crippen molar-refractivity contribution < 1.29 is 0 Å². The fraction of sp³-hybridized carbons (Fsp3) is 1.00. The third-order valence-corrected chi connectivity index (χ3v) is 13.4. The molecular formula is C12H28InN. The van der Waals surface area contributed by atoms with Gasteiger partial charge in [-0.3, -0.25) is 0 Å². The summed E-state index contributed by atoms with van der Waals surface area (Å²) in [5, 5.41) is 0. The van der Waals surface area contributed by atoms with Crippen molar-refractivity contribution >= 4 is 21.4 Å². The molecule has 0 rings (SSSR count). The zero-order chi connectivity index (χ0) is 11.0. The molecule has 1 nitrogen and oxygen atoms in total. The zero-order valence-electron chi connectivity index (χ0n) is 10.8. The summed E-state index contributed by atoms with van der Waals surface area (Å²) in [5.41, 5.74) is 0. The molecule has 2 heteroatoms. The molecule has 0 aliphatic heterocycles. The van der Waals surface area contributed by atoms with Gasteiger partial charge in [0.1, 0.15) is 0 Å². The molecule has 0 radical (unpaired) electrons. The fourth-order valence-electron chi connectivity index (χ4n) is 2.06. The molecule has 0 bridgehead atoms. The Hall–Kier alpha value is 0.830. The standard InChI is InChI=1S/C8H18N.2C2H5.In/c1-5-7-9(6-2)8(3)4;2*1-2;/h8H,1,5-7H2,2-4H3;2*1H2,2H3;. The van der Waals surface area contributed by atoms with Crippen molar-refractivity contribution in [2.24, 2.45) is 0 Å². The summed E-state index contributed by atoms with van der Waals surface area (Å²) in [6, 6.07) is 0.733. The summed E-state index contributed by atoms with van der Waals surface area (Å²) in [6.07, 6.45) is 1.47. The Balaban J connectivity index is 3.59. The molecule has 14 heavy (non-hydrogen) atoms. The van der Waals surface area contributed by atoms with Crippen molar-refractivity contribution in [3.63, 3.8) is 0 Å². The van der Waals surface area contributed by atoms with Gasteiger partial charge in [0.15, 0.2) is 0 Å². The van der Waals surface area contributed by atoms with E-state index in [-0.39, 0.29) is 0 Å². The van der Waals surface area contributed by atoms with Crippen LogP contribution in [0, 0.1) is 0 Å². The first-order chi connectivity index (χ1) is 6.65. The molecule has 84 valence electrons. The maximum absolute atomic E-state index is 2.59. The number of nitrogens with zero attached hydrogens (tertiary/aromatic N) is 1. The molecule has 0 aliphatic carbocycles. The normalized spacial score (nSPS) is 11.4. The van der Waals surface area contributed by atoms with E-state index in [1.807, 2.05) is 0 Å². The second-order valence-corrected chi connectivity index (χ2v) is 15.8. The fourth-order valence-corrected chi connectivity index (χ4v) is 8.21. The minimum absolute atomic E-state index is 0.733. The van der Waals surface area contributed by atoms with Gasteiger partial charge in [0.05, 0.1) is 0 Å². The molecule has 0 spiro atoms. The molecular weight excluding hydrogens is 273 g/mol.